The molecule has 0 bridgehead atoms. The lowest BCUT2D eigenvalue weighted by Gasteiger charge is -2.33. The molecule has 4 aromatic rings. The number of fused-ring (bicyclic) bond motifs is 2. The van der Waals surface area contributed by atoms with Crippen LogP contribution in [0, 0.1) is 0 Å². The van der Waals surface area contributed by atoms with E-state index in [9.17, 15) is 26.3 Å². The third kappa shape index (κ3) is 5.18. The monoisotopic (exact) mass is 604 g/mol. The Morgan fingerprint density at radius 1 is 0.535 bits per heavy atom. The van der Waals surface area contributed by atoms with Crippen LogP contribution in [0.25, 0.3) is 34.4 Å². The maximum atomic E-state index is 13.2. The number of benzene rings is 4. The first-order valence-electron chi connectivity index (χ1n) is 14.5. The number of rotatable bonds is 6. The Bertz CT molecular complexity index is 1610. The third-order valence-electron chi connectivity index (χ3n) is 9.27. The SMILES string of the molecule is CC[Si](CC)(C1=Cc2c(cccc2-c2ccc(C(F)(F)F)cc2)C1)C1=Cc2c(cccc2-c2ccc(C(F)(F)F)cc2)C1. The largest absolute Gasteiger partial charge is 0.416 e. The summed E-state index contributed by atoms with van der Waals surface area (Å²) in [5.41, 5.74) is 6.61. The minimum absolute atomic E-state index is 0.660. The van der Waals surface area contributed by atoms with Gasteiger partial charge in [0.2, 0.25) is 0 Å². The van der Waals surface area contributed by atoms with Crippen LogP contribution in [0.15, 0.2) is 95.3 Å². The standard InChI is InChI=1S/C36H30F6Si/c1-3-43(4-2,29-19-25-7-5-9-31(33(25)21-29)23-11-15-27(16-12-23)35(37,38)39)30-20-26-8-6-10-32(34(26)22-30)24-13-17-28(18-14-24)36(40,41)42/h5-18,21-22H,3-4,19-20H2,1-2H3. The number of halogens is 6. The van der Waals surface area contributed by atoms with Crippen LogP contribution in [-0.4, -0.2) is 8.07 Å². The molecule has 0 fully saturated rings. The zero-order valence-electron chi connectivity index (χ0n) is 23.8. The van der Waals surface area contributed by atoms with E-state index in [0.717, 1.165) is 82.6 Å². The van der Waals surface area contributed by atoms with E-state index in [1.54, 1.807) is 24.3 Å². The van der Waals surface area contributed by atoms with Crippen molar-refractivity contribution in [1.82, 2.24) is 0 Å². The molecule has 0 N–H and O–H groups in total. The molecule has 0 unspecified atom stereocenters. The quantitative estimate of drug-likeness (QED) is 0.152. The molecule has 0 atom stereocenters. The van der Waals surface area contributed by atoms with Crippen molar-refractivity contribution in [2.45, 2.75) is 51.1 Å². The fraction of sp³-hybridized carbons (Fsp3) is 0.222. The molecule has 0 spiro atoms. The van der Waals surface area contributed by atoms with E-state index in [4.69, 9.17) is 0 Å². The summed E-state index contributed by atoms with van der Waals surface area (Å²) >= 11 is 0. The number of allylic oxidation sites excluding steroid dienone is 2. The average molecular weight is 605 g/mol. The fourth-order valence-corrected chi connectivity index (χ4v) is 11.5. The maximum Gasteiger partial charge on any atom is 0.416 e. The zero-order valence-corrected chi connectivity index (χ0v) is 24.8. The first kappa shape index (κ1) is 29.2. The second-order valence-corrected chi connectivity index (χ2v) is 16.3. The Hall–Kier alpha value is -3.84. The molecule has 0 nitrogen and oxygen atoms in total. The predicted molar refractivity (Wildman–Crippen MR) is 164 cm³/mol. The Labute approximate surface area is 248 Å². The summed E-state index contributed by atoms with van der Waals surface area (Å²) in [6.07, 6.45) is -2.54. The molecule has 4 aromatic carbocycles. The van der Waals surface area contributed by atoms with Gasteiger partial charge in [0.05, 0.1) is 11.1 Å². The normalized spacial score (nSPS) is 14.8. The molecule has 0 saturated heterocycles. The molecule has 6 rings (SSSR count). The van der Waals surface area contributed by atoms with Gasteiger partial charge in [-0.3, -0.25) is 0 Å². The molecule has 43 heavy (non-hydrogen) atoms. The van der Waals surface area contributed by atoms with Crippen LogP contribution in [0.2, 0.25) is 12.1 Å². The zero-order chi connectivity index (χ0) is 30.6. The van der Waals surface area contributed by atoms with Crippen molar-refractivity contribution in [3.8, 4) is 22.3 Å². The highest BCUT2D eigenvalue weighted by atomic mass is 28.3. The molecular formula is C36H30F6Si. The van der Waals surface area contributed by atoms with Gasteiger partial charge in [-0.25, -0.2) is 0 Å². The highest BCUT2D eigenvalue weighted by molar-refractivity contribution is 6.94. The van der Waals surface area contributed by atoms with Gasteiger partial charge in [-0.2, -0.15) is 26.3 Å². The summed E-state index contributed by atoms with van der Waals surface area (Å²) in [6.45, 7) is 4.49. The van der Waals surface area contributed by atoms with Crippen molar-refractivity contribution in [3.05, 3.63) is 129 Å². The van der Waals surface area contributed by atoms with Crippen molar-refractivity contribution in [2.75, 3.05) is 0 Å². The minimum Gasteiger partial charge on any atom is -0.166 e. The molecule has 2 aliphatic carbocycles. The second kappa shape index (κ2) is 10.7. The highest BCUT2D eigenvalue weighted by Crippen LogP contribution is 2.47. The van der Waals surface area contributed by atoms with Gasteiger partial charge in [-0.05, 0) is 81.6 Å². The van der Waals surface area contributed by atoms with E-state index >= 15 is 0 Å². The molecule has 0 aliphatic heterocycles. The van der Waals surface area contributed by atoms with Gasteiger partial charge < -0.3 is 0 Å². The lowest BCUT2D eigenvalue weighted by atomic mass is 9.96. The van der Waals surface area contributed by atoms with Gasteiger partial charge in [0.15, 0.2) is 0 Å². The Morgan fingerprint density at radius 2 is 0.907 bits per heavy atom. The van der Waals surface area contributed by atoms with Crippen molar-refractivity contribution in [1.29, 1.82) is 0 Å². The van der Waals surface area contributed by atoms with Crippen LogP contribution >= 0.6 is 0 Å². The summed E-state index contributed by atoms with van der Waals surface area (Å²) in [4.78, 5) is 0. The van der Waals surface area contributed by atoms with E-state index in [0.29, 0.717) is 0 Å². The van der Waals surface area contributed by atoms with E-state index in [2.05, 4.69) is 38.1 Å². The summed E-state index contributed by atoms with van der Waals surface area (Å²) in [5, 5.41) is 2.84. The smallest absolute Gasteiger partial charge is 0.166 e. The van der Waals surface area contributed by atoms with Gasteiger partial charge >= 0.3 is 12.4 Å². The van der Waals surface area contributed by atoms with Gasteiger partial charge in [-0.1, -0.05) is 109 Å². The van der Waals surface area contributed by atoms with Crippen LogP contribution in [0.5, 0.6) is 0 Å². The highest BCUT2D eigenvalue weighted by Gasteiger charge is 2.41. The topological polar surface area (TPSA) is 0 Å². The van der Waals surface area contributed by atoms with Gasteiger partial charge in [0, 0.05) is 0 Å². The van der Waals surface area contributed by atoms with Crippen molar-refractivity contribution >= 4 is 20.2 Å². The molecule has 0 radical (unpaired) electrons. The Morgan fingerprint density at radius 3 is 1.23 bits per heavy atom. The Balaban J connectivity index is 1.37. The van der Waals surface area contributed by atoms with Crippen LogP contribution in [0.4, 0.5) is 26.3 Å². The van der Waals surface area contributed by atoms with Crippen LogP contribution in [-0.2, 0) is 25.2 Å². The molecule has 2 aliphatic rings. The molecule has 0 saturated carbocycles. The van der Waals surface area contributed by atoms with Crippen molar-refractivity contribution in [2.24, 2.45) is 0 Å². The molecule has 0 amide bonds. The first-order chi connectivity index (χ1) is 20.4. The molecule has 220 valence electrons. The minimum atomic E-state index is -4.38. The lowest BCUT2D eigenvalue weighted by molar-refractivity contribution is -0.138. The van der Waals surface area contributed by atoms with E-state index < -0.39 is 31.6 Å². The number of hydrogen-bond donors (Lipinski definition) is 0. The summed E-state index contributed by atoms with van der Waals surface area (Å²) in [6, 6.07) is 24.9. The molecule has 0 heterocycles. The summed E-state index contributed by atoms with van der Waals surface area (Å²) in [7, 11) is -2.16. The van der Waals surface area contributed by atoms with E-state index in [1.807, 2.05) is 24.3 Å². The van der Waals surface area contributed by atoms with E-state index in [-0.39, 0.29) is 0 Å². The number of alkyl halides is 6. The maximum absolute atomic E-state index is 13.2. The number of hydrogen-bond acceptors (Lipinski definition) is 0. The fourth-order valence-electron chi connectivity index (χ4n) is 6.90. The van der Waals surface area contributed by atoms with Crippen LogP contribution in [0.1, 0.15) is 47.2 Å². The molecular weight excluding hydrogens is 574 g/mol. The summed E-state index contributed by atoms with van der Waals surface area (Å²) < 4.78 is 79.1. The van der Waals surface area contributed by atoms with Gasteiger partial charge in [0.1, 0.15) is 8.07 Å². The van der Waals surface area contributed by atoms with Gasteiger partial charge in [-0.15, -0.1) is 0 Å². The molecule has 7 heteroatoms. The summed E-state index contributed by atoms with van der Waals surface area (Å²) in [5.74, 6) is 0. The average Bonchev–Trinajstić information content (AvgIpc) is 3.63. The van der Waals surface area contributed by atoms with Gasteiger partial charge in [0.25, 0.3) is 0 Å². The second-order valence-electron chi connectivity index (χ2n) is 11.4. The molecule has 0 aromatic heterocycles. The Kier molecular flexibility index (Phi) is 7.28. The van der Waals surface area contributed by atoms with E-state index in [1.165, 1.54) is 21.5 Å². The third-order valence-corrected chi connectivity index (χ3v) is 14.8. The van der Waals surface area contributed by atoms with Crippen LogP contribution < -0.4 is 0 Å². The van der Waals surface area contributed by atoms with Crippen LogP contribution in [0.3, 0.4) is 0 Å². The van der Waals surface area contributed by atoms with Crippen molar-refractivity contribution in [3.63, 3.8) is 0 Å². The first-order valence-corrected chi connectivity index (χ1v) is 16.9. The predicted octanol–water partition coefficient (Wildman–Crippen LogP) is 11.2. The van der Waals surface area contributed by atoms with Crippen molar-refractivity contribution < 1.29 is 26.3 Å². The lowest BCUT2D eigenvalue weighted by Crippen LogP contribution is -2.39.